The van der Waals surface area contributed by atoms with Gasteiger partial charge in [-0.25, -0.2) is 9.97 Å². The molecule has 0 saturated carbocycles. The van der Waals surface area contributed by atoms with E-state index in [0.29, 0.717) is 6.54 Å². The number of thiophene rings is 1. The zero-order valence-corrected chi connectivity index (χ0v) is 9.64. The second-order valence-electron chi connectivity index (χ2n) is 4.20. The quantitative estimate of drug-likeness (QED) is 0.831. The number of hydrogen-bond acceptors (Lipinski definition) is 5. The fraction of sp³-hybridized carbons (Fsp3) is 0.400. The highest BCUT2D eigenvalue weighted by atomic mass is 32.1. The molecule has 0 aliphatic rings. The number of nitrogens with zero attached hydrogens (tertiary/aromatic N) is 2. The topological polar surface area (TPSA) is 63.8 Å². The molecule has 0 fully saturated rings. The van der Waals surface area contributed by atoms with Crippen molar-refractivity contribution in [2.24, 2.45) is 5.73 Å². The van der Waals surface area contributed by atoms with Gasteiger partial charge in [-0.1, -0.05) is 0 Å². The van der Waals surface area contributed by atoms with E-state index in [1.807, 2.05) is 25.3 Å². The van der Waals surface area contributed by atoms with E-state index in [-0.39, 0.29) is 5.54 Å². The summed E-state index contributed by atoms with van der Waals surface area (Å²) in [7, 11) is 0. The monoisotopic (exact) mass is 222 g/mol. The molecule has 0 aliphatic heterocycles. The lowest BCUT2D eigenvalue weighted by Crippen LogP contribution is -2.39. The number of fused-ring (bicyclic) bond motifs is 1. The van der Waals surface area contributed by atoms with Crippen LogP contribution in [-0.4, -0.2) is 22.1 Å². The summed E-state index contributed by atoms with van der Waals surface area (Å²) in [5.41, 5.74) is 5.66. The average molecular weight is 222 g/mol. The van der Waals surface area contributed by atoms with Crippen LogP contribution in [0.3, 0.4) is 0 Å². The van der Waals surface area contributed by atoms with Crippen molar-refractivity contribution < 1.29 is 0 Å². The third-order valence-corrected chi connectivity index (χ3v) is 2.79. The summed E-state index contributed by atoms with van der Waals surface area (Å²) in [6, 6.07) is 2.02. The fourth-order valence-corrected chi connectivity index (χ4v) is 1.98. The van der Waals surface area contributed by atoms with Crippen LogP contribution >= 0.6 is 11.3 Å². The molecule has 4 nitrogen and oxygen atoms in total. The second-order valence-corrected chi connectivity index (χ2v) is 5.10. The molecule has 2 aromatic heterocycles. The Morgan fingerprint density at radius 1 is 1.47 bits per heavy atom. The third-order valence-electron chi connectivity index (χ3n) is 1.97. The van der Waals surface area contributed by atoms with Gasteiger partial charge in [0.15, 0.2) is 0 Å². The molecule has 0 aromatic carbocycles. The molecule has 80 valence electrons. The van der Waals surface area contributed by atoms with Crippen LogP contribution in [0.5, 0.6) is 0 Å². The first kappa shape index (κ1) is 10.3. The molecule has 0 bridgehead atoms. The van der Waals surface area contributed by atoms with E-state index in [0.717, 1.165) is 16.0 Å². The molecule has 2 rings (SSSR count). The lowest BCUT2D eigenvalue weighted by Gasteiger charge is -2.19. The Bertz CT molecular complexity index is 458. The summed E-state index contributed by atoms with van der Waals surface area (Å²) in [5, 5.41) is 6.32. The smallest absolute Gasteiger partial charge is 0.138 e. The summed E-state index contributed by atoms with van der Waals surface area (Å²) in [5.74, 6) is 0.861. The van der Waals surface area contributed by atoms with E-state index in [1.54, 1.807) is 17.7 Å². The standard InChI is InChI=1S/C10H14N4S/c1-10(2,11)5-12-8-7-3-4-15-9(7)14-6-13-8/h3-4,6H,5,11H2,1-2H3,(H,12,13,14). The summed E-state index contributed by atoms with van der Waals surface area (Å²) < 4.78 is 0. The van der Waals surface area contributed by atoms with Crippen LogP contribution in [0.1, 0.15) is 13.8 Å². The van der Waals surface area contributed by atoms with E-state index in [2.05, 4.69) is 15.3 Å². The molecule has 0 aliphatic carbocycles. The van der Waals surface area contributed by atoms with Gasteiger partial charge in [-0.05, 0) is 25.3 Å². The molecule has 2 aromatic rings. The lowest BCUT2D eigenvalue weighted by atomic mass is 10.1. The van der Waals surface area contributed by atoms with Crippen molar-refractivity contribution in [2.75, 3.05) is 11.9 Å². The Hall–Kier alpha value is -1.20. The number of aromatic nitrogens is 2. The molecule has 5 heteroatoms. The van der Waals surface area contributed by atoms with Gasteiger partial charge in [0, 0.05) is 12.1 Å². The van der Waals surface area contributed by atoms with Gasteiger partial charge in [0.2, 0.25) is 0 Å². The Morgan fingerprint density at radius 3 is 3.00 bits per heavy atom. The van der Waals surface area contributed by atoms with Crippen molar-refractivity contribution in [2.45, 2.75) is 19.4 Å². The number of anilines is 1. The Morgan fingerprint density at radius 2 is 2.27 bits per heavy atom. The number of hydrogen-bond donors (Lipinski definition) is 2. The first-order valence-corrected chi connectivity index (χ1v) is 5.65. The van der Waals surface area contributed by atoms with Gasteiger partial charge >= 0.3 is 0 Å². The first-order valence-electron chi connectivity index (χ1n) is 4.77. The van der Waals surface area contributed by atoms with Crippen LogP contribution in [0.4, 0.5) is 5.82 Å². The second kappa shape index (κ2) is 3.75. The zero-order chi connectivity index (χ0) is 10.9. The van der Waals surface area contributed by atoms with Gasteiger partial charge in [-0.15, -0.1) is 11.3 Å². The molecule has 0 unspecified atom stereocenters. The average Bonchev–Trinajstić information content (AvgIpc) is 2.61. The van der Waals surface area contributed by atoms with Gasteiger partial charge in [0.05, 0.1) is 5.39 Å². The maximum atomic E-state index is 5.90. The third kappa shape index (κ3) is 2.43. The maximum absolute atomic E-state index is 5.90. The minimum absolute atomic E-state index is 0.243. The number of nitrogens with one attached hydrogen (secondary N) is 1. The molecule has 0 atom stereocenters. The Labute approximate surface area is 92.5 Å². The highest BCUT2D eigenvalue weighted by molar-refractivity contribution is 7.16. The zero-order valence-electron chi connectivity index (χ0n) is 8.82. The summed E-state index contributed by atoms with van der Waals surface area (Å²) in [6.45, 7) is 4.65. The van der Waals surface area contributed by atoms with Crippen molar-refractivity contribution in [3.8, 4) is 0 Å². The molecule has 0 spiro atoms. The van der Waals surface area contributed by atoms with E-state index < -0.39 is 0 Å². The lowest BCUT2D eigenvalue weighted by molar-refractivity contribution is 0.549. The van der Waals surface area contributed by atoms with Crippen LogP contribution in [0.2, 0.25) is 0 Å². The van der Waals surface area contributed by atoms with Gasteiger partial charge in [0.25, 0.3) is 0 Å². The molecular weight excluding hydrogens is 208 g/mol. The molecule has 0 saturated heterocycles. The van der Waals surface area contributed by atoms with Crippen molar-refractivity contribution in [1.82, 2.24) is 9.97 Å². The molecule has 15 heavy (non-hydrogen) atoms. The molecular formula is C10H14N4S. The predicted octanol–water partition coefficient (Wildman–Crippen LogP) is 1.84. The first-order chi connectivity index (χ1) is 7.06. The highest BCUT2D eigenvalue weighted by Gasteiger charge is 2.11. The maximum Gasteiger partial charge on any atom is 0.138 e. The Balaban J connectivity index is 2.24. The van der Waals surface area contributed by atoms with E-state index in [9.17, 15) is 0 Å². The summed E-state index contributed by atoms with van der Waals surface area (Å²) >= 11 is 1.61. The van der Waals surface area contributed by atoms with Gasteiger partial charge in [-0.3, -0.25) is 0 Å². The van der Waals surface area contributed by atoms with Crippen LogP contribution in [0.25, 0.3) is 10.2 Å². The van der Waals surface area contributed by atoms with Crippen molar-refractivity contribution in [1.29, 1.82) is 0 Å². The number of rotatable bonds is 3. The normalized spacial score (nSPS) is 11.9. The molecule has 0 radical (unpaired) electrons. The van der Waals surface area contributed by atoms with Crippen LogP contribution in [0.15, 0.2) is 17.8 Å². The largest absolute Gasteiger partial charge is 0.368 e. The molecule has 2 heterocycles. The van der Waals surface area contributed by atoms with Crippen LogP contribution < -0.4 is 11.1 Å². The SMILES string of the molecule is CC(C)(N)CNc1ncnc2sccc12. The van der Waals surface area contributed by atoms with Crippen molar-refractivity contribution in [3.05, 3.63) is 17.8 Å². The summed E-state index contributed by atoms with van der Waals surface area (Å²) in [6.07, 6.45) is 1.57. The van der Waals surface area contributed by atoms with Gasteiger partial charge < -0.3 is 11.1 Å². The predicted molar refractivity (Wildman–Crippen MR) is 64.2 cm³/mol. The minimum Gasteiger partial charge on any atom is -0.368 e. The van der Waals surface area contributed by atoms with Gasteiger partial charge in [-0.2, -0.15) is 0 Å². The highest BCUT2D eigenvalue weighted by Crippen LogP contribution is 2.23. The summed E-state index contributed by atoms with van der Waals surface area (Å²) in [4.78, 5) is 9.40. The van der Waals surface area contributed by atoms with Crippen molar-refractivity contribution >= 4 is 27.4 Å². The Kier molecular flexibility index (Phi) is 2.58. The van der Waals surface area contributed by atoms with Crippen LogP contribution in [0, 0.1) is 0 Å². The fourth-order valence-electron chi connectivity index (χ4n) is 1.24. The van der Waals surface area contributed by atoms with Gasteiger partial charge in [0.1, 0.15) is 17.0 Å². The van der Waals surface area contributed by atoms with E-state index >= 15 is 0 Å². The van der Waals surface area contributed by atoms with Crippen molar-refractivity contribution in [3.63, 3.8) is 0 Å². The van der Waals surface area contributed by atoms with E-state index in [1.165, 1.54) is 0 Å². The molecule has 3 N–H and O–H groups in total. The minimum atomic E-state index is -0.243. The number of nitrogens with two attached hydrogens (primary N) is 1. The van der Waals surface area contributed by atoms with E-state index in [4.69, 9.17) is 5.73 Å². The molecule has 0 amide bonds. The van der Waals surface area contributed by atoms with Crippen LogP contribution in [-0.2, 0) is 0 Å².